The van der Waals surface area contributed by atoms with Gasteiger partial charge in [0.1, 0.15) is 5.60 Å². The molecule has 7 heteroatoms. The largest absolute Gasteiger partial charge is 0.494 e. The van der Waals surface area contributed by atoms with Gasteiger partial charge in [0.05, 0.1) is 13.2 Å². The first-order valence-corrected chi connectivity index (χ1v) is 7.72. The second-order valence-electron chi connectivity index (χ2n) is 6.36. The topological polar surface area (TPSA) is 76.7 Å². The smallest absolute Gasteiger partial charge is 0.407 e. The average Bonchev–Trinajstić information content (AvgIpc) is 2.45. The number of nitrogens with one attached hydrogen (secondary N) is 2. The zero-order chi connectivity index (χ0) is 18.3. The van der Waals surface area contributed by atoms with Crippen molar-refractivity contribution in [2.45, 2.75) is 45.8 Å². The van der Waals surface area contributed by atoms with Gasteiger partial charge in [0.15, 0.2) is 11.6 Å². The van der Waals surface area contributed by atoms with E-state index in [9.17, 15) is 14.0 Å². The van der Waals surface area contributed by atoms with Gasteiger partial charge in [-0.2, -0.15) is 0 Å². The van der Waals surface area contributed by atoms with Crippen LogP contribution < -0.4 is 15.4 Å². The number of carbonyl (C=O) groups is 2. The summed E-state index contributed by atoms with van der Waals surface area (Å²) in [6.07, 6.45) is -0.469. The van der Waals surface area contributed by atoms with Crippen LogP contribution in [-0.2, 0) is 9.53 Å². The van der Waals surface area contributed by atoms with E-state index in [2.05, 4.69) is 10.6 Å². The number of benzene rings is 1. The van der Waals surface area contributed by atoms with E-state index in [4.69, 9.17) is 9.47 Å². The molecule has 1 aromatic carbocycles. The molecular formula is C17H25FN2O4. The van der Waals surface area contributed by atoms with Crippen molar-refractivity contribution >= 4 is 12.0 Å². The molecule has 0 heterocycles. The average molecular weight is 340 g/mol. The number of hydrogen-bond acceptors (Lipinski definition) is 4. The summed E-state index contributed by atoms with van der Waals surface area (Å²) in [5.74, 6) is -0.587. The first kappa shape index (κ1) is 19.7. The summed E-state index contributed by atoms with van der Waals surface area (Å²) in [5.41, 5.74) is 0.0426. The van der Waals surface area contributed by atoms with Gasteiger partial charge in [0.2, 0.25) is 5.91 Å². The van der Waals surface area contributed by atoms with Gasteiger partial charge >= 0.3 is 6.09 Å². The lowest BCUT2D eigenvalue weighted by atomic mass is 10.1. The minimum absolute atomic E-state index is 0.0994. The fourth-order valence-electron chi connectivity index (χ4n) is 1.94. The molecule has 0 bridgehead atoms. The molecule has 0 radical (unpaired) electrons. The van der Waals surface area contributed by atoms with E-state index in [1.54, 1.807) is 33.8 Å². The van der Waals surface area contributed by atoms with Crippen molar-refractivity contribution in [1.29, 1.82) is 0 Å². The quantitative estimate of drug-likeness (QED) is 0.835. The molecule has 0 saturated carbocycles. The molecule has 0 aromatic heterocycles. The van der Waals surface area contributed by atoms with Crippen LogP contribution in [0.15, 0.2) is 18.2 Å². The third-order valence-corrected chi connectivity index (χ3v) is 3.07. The molecule has 1 aromatic rings. The Kier molecular flexibility index (Phi) is 7.00. The summed E-state index contributed by atoms with van der Waals surface area (Å²) < 4.78 is 23.6. The van der Waals surface area contributed by atoms with Gasteiger partial charge in [-0.1, -0.05) is 6.07 Å². The molecule has 0 spiro atoms. The second kappa shape index (κ2) is 8.52. The number of amides is 2. The van der Waals surface area contributed by atoms with Crippen LogP contribution in [0.5, 0.6) is 5.75 Å². The molecule has 1 rings (SSSR count). The number of carbonyl (C=O) groups excluding carboxylic acids is 2. The lowest BCUT2D eigenvalue weighted by Crippen LogP contribution is -2.35. The highest BCUT2D eigenvalue weighted by Crippen LogP contribution is 2.21. The molecule has 6 nitrogen and oxygen atoms in total. The van der Waals surface area contributed by atoms with Gasteiger partial charge in [-0.05, 0) is 45.4 Å². The Hall–Kier alpha value is -2.31. The van der Waals surface area contributed by atoms with Crippen LogP contribution in [0.2, 0.25) is 0 Å². The maximum absolute atomic E-state index is 13.7. The molecule has 0 unspecified atom stereocenters. The highest BCUT2D eigenvalue weighted by molar-refractivity contribution is 5.77. The molecule has 2 N–H and O–H groups in total. The normalized spacial score (nSPS) is 12.2. The Balaban J connectivity index is 2.42. The lowest BCUT2D eigenvalue weighted by Gasteiger charge is -2.19. The molecule has 2 amide bonds. The van der Waals surface area contributed by atoms with Crippen molar-refractivity contribution in [3.63, 3.8) is 0 Å². The van der Waals surface area contributed by atoms with Gasteiger partial charge < -0.3 is 20.1 Å². The molecule has 1 atom stereocenters. The van der Waals surface area contributed by atoms with Gasteiger partial charge in [-0.3, -0.25) is 4.79 Å². The Morgan fingerprint density at radius 3 is 2.50 bits per heavy atom. The molecule has 134 valence electrons. The van der Waals surface area contributed by atoms with Gasteiger partial charge in [-0.15, -0.1) is 0 Å². The van der Waals surface area contributed by atoms with E-state index >= 15 is 0 Å². The van der Waals surface area contributed by atoms with E-state index in [0.717, 1.165) is 0 Å². The van der Waals surface area contributed by atoms with Crippen LogP contribution >= 0.6 is 0 Å². The Morgan fingerprint density at radius 1 is 1.29 bits per heavy atom. The van der Waals surface area contributed by atoms with Crippen molar-refractivity contribution in [2.24, 2.45) is 0 Å². The fraction of sp³-hybridized carbons (Fsp3) is 0.529. The van der Waals surface area contributed by atoms with Crippen molar-refractivity contribution in [2.75, 3.05) is 13.7 Å². The molecule has 0 aliphatic carbocycles. The monoisotopic (exact) mass is 340 g/mol. The van der Waals surface area contributed by atoms with Crippen LogP contribution in [0, 0.1) is 5.82 Å². The molecule has 0 fully saturated rings. The Labute approximate surface area is 141 Å². The van der Waals surface area contributed by atoms with Gasteiger partial charge in [0.25, 0.3) is 0 Å². The van der Waals surface area contributed by atoms with E-state index in [1.807, 2.05) is 0 Å². The summed E-state index contributed by atoms with van der Waals surface area (Å²) in [5, 5.41) is 5.25. The summed E-state index contributed by atoms with van der Waals surface area (Å²) in [4.78, 5) is 23.3. The highest BCUT2D eigenvalue weighted by Gasteiger charge is 2.16. The zero-order valence-corrected chi connectivity index (χ0v) is 14.7. The predicted octanol–water partition coefficient (Wildman–Crippen LogP) is 2.93. The summed E-state index contributed by atoms with van der Waals surface area (Å²) in [7, 11) is 1.39. The zero-order valence-electron chi connectivity index (χ0n) is 14.7. The standard InChI is InChI=1S/C17H25FN2O4/c1-11(12-6-7-14(23-5)13(18)10-12)20-15(21)8-9-19-16(22)24-17(2,3)4/h6-7,10-11H,8-9H2,1-5H3,(H,19,22)(H,20,21)/t11-/m0/s1. The van der Waals surface area contributed by atoms with E-state index in [0.29, 0.717) is 5.56 Å². The Morgan fingerprint density at radius 2 is 1.96 bits per heavy atom. The highest BCUT2D eigenvalue weighted by atomic mass is 19.1. The number of alkyl carbamates (subject to hydrolysis) is 1. The first-order valence-electron chi connectivity index (χ1n) is 7.72. The molecular weight excluding hydrogens is 315 g/mol. The third kappa shape index (κ3) is 6.85. The van der Waals surface area contributed by atoms with Gasteiger partial charge in [-0.25, -0.2) is 9.18 Å². The van der Waals surface area contributed by atoms with Crippen molar-refractivity contribution in [3.05, 3.63) is 29.6 Å². The number of hydrogen-bond donors (Lipinski definition) is 2. The third-order valence-electron chi connectivity index (χ3n) is 3.07. The van der Waals surface area contributed by atoms with Crippen molar-refractivity contribution in [1.82, 2.24) is 10.6 Å². The van der Waals surface area contributed by atoms with Crippen LogP contribution in [0.25, 0.3) is 0 Å². The molecule has 0 aliphatic rings. The van der Waals surface area contributed by atoms with Crippen molar-refractivity contribution in [3.8, 4) is 5.75 Å². The lowest BCUT2D eigenvalue weighted by molar-refractivity contribution is -0.121. The molecule has 0 aliphatic heterocycles. The second-order valence-corrected chi connectivity index (χ2v) is 6.36. The Bertz CT molecular complexity index is 584. The summed E-state index contributed by atoms with van der Waals surface area (Å²) in [6, 6.07) is 4.16. The molecule has 0 saturated heterocycles. The predicted molar refractivity (Wildman–Crippen MR) is 88.4 cm³/mol. The van der Waals surface area contributed by atoms with E-state index in [1.165, 1.54) is 19.2 Å². The SMILES string of the molecule is COc1ccc([C@H](C)NC(=O)CCNC(=O)OC(C)(C)C)cc1F. The minimum Gasteiger partial charge on any atom is -0.494 e. The van der Waals surface area contributed by atoms with Gasteiger partial charge in [0, 0.05) is 13.0 Å². The van der Waals surface area contributed by atoms with Crippen LogP contribution in [0.4, 0.5) is 9.18 Å². The maximum atomic E-state index is 13.7. The van der Waals surface area contributed by atoms with Crippen molar-refractivity contribution < 1.29 is 23.5 Å². The summed E-state index contributed by atoms with van der Waals surface area (Å²) in [6.45, 7) is 7.18. The maximum Gasteiger partial charge on any atom is 0.407 e. The summed E-state index contributed by atoms with van der Waals surface area (Å²) >= 11 is 0. The van der Waals surface area contributed by atoms with E-state index in [-0.39, 0.29) is 30.7 Å². The first-order chi connectivity index (χ1) is 11.1. The van der Waals surface area contributed by atoms with Crippen LogP contribution in [0.1, 0.15) is 45.7 Å². The van der Waals surface area contributed by atoms with E-state index < -0.39 is 17.5 Å². The number of methoxy groups -OCH3 is 1. The minimum atomic E-state index is -0.584. The van der Waals surface area contributed by atoms with Crippen LogP contribution in [-0.4, -0.2) is 31.3 Å². The number of rotatable bonds is 6. The molecule has 24 heavy (non-hydrogen) atoms. The fourth-order valence-corrected chi connectivity index (χ4v) is 1.94. The number of ether oxygens (including phenoxy) is 2. The van der Waals surface area contributed by atoms with Crippen LogP contribution in [0.3, 0.4) is 0 Å². The number of halogens is 1.